The molecule has 0 atom stereocenters. The second kappa shape index (κ2) is 8.22. The average Bonchev–Trinajstić information content (AvgIpc) is 2.99. The summed E-state index contributed by atoms with van der Waals surface area (Å²) < 4.78 is 29.1. The van der Waals surface area contributed by atoms with E-state index in [-0.39, 0.29) is 28.1 Å². The fourth-order valence-electron chi connectivity index (χ4n) is 2.49. The van der Waals surface area contributed by atoms with Gasteiger partial charge in [-0.25, -0.2) is 14.2 Å². The first kappa shape index (κ1) is 19.6. The zero-order chi connectivity index (χ0) is 20.3. The van der Waals surface area contributed by atoms with Gasteiger partial charge in [-0.15, -0.1) is 0 Å². The van der Waals surface area contributed by atoms with E-state index < -0.39 is 17.8 Å². The van der Waals surface area contributed by atoms with Gasteiger partial charge in [-0.3, -0.25) is 4.79 Å². The predicted molar refractivity (Wildman–Crippen MR) is 101 cm³/mol. The first-order valence-electron chi connectivity index (χ1n) is 8.30. The van der Waals surface area contributed by atoms with Gasteiger partial charge in [-0.2, -0.15) is 0 Å². The van der Waals surface area contributed by atoms with Crippen LogP contribution in [0.25, 0.3) is 6.08 Å². The van der Waals surface area contributed by atoms with Crippen LogP contribution in [0.1, 0.15) is 25.0 Å². The fraction of sp³-hybridized carbons (Fsp3) is 0.150. The molecule has 0 unspecified atom stereocenters. The quantitative estimate of drug-likeness (QED) is 0.426. The maximum Gasteiger partial charge on any atom is 0.363 e. The Bertz CT molecular complexity index is 1020. The number of hydrogen-bond donors (Lipinski definition) is 0. The van der Waals surface area contributed by atoms with Gasteiger partial charge in [-0.05, 0) is 48.9 Å². The Morgan fingerprint density at radius 2 is 2.11 bits per heavy atom. The van der Waals surface area contributed by atoms with E-state index in [9.17, 15) is 14.0 Å². The number of esters is 2. The van der Waals surface area contributed by atoms with Crippen molar-refractivity contribution in [1.29, 1.82) is 0 Å². The molecule has 0 bridgehead atoms. The van der Waals surface area contributed by atoms with Gasteiger partial charge in [0.15, 0.2) is 17.2 Å². The molecule has 0 aromatic heterocycles. The maximum absolute atomic E-state index is 13.4. The van der Waals surface area contributed by atoms with Gasteiger partial charge < -0.3 is 14.2 Å². The Hall–Kier alpha value is -3.19. The molecular formula is C20H15ClFNO5. The minimum absolute atomic E-state index is 0.00316. The van der Waals surface area contributed by atoms with Crippen molar-refractivity contribution in [3.63, 3.8) is 0 Å². The summed E-state index contributed by atoms with van der Waals surface area (Å²) in [5.41, 5.74) is 0.841. The van der Waals surface area contributed by atoms with Crippen LogP contribution in [0.2, 0.25) is 5.02 Å². The number of benzene rings is 2. The molecule has 0 saturated carbocycles. The third-order valence-corrected chi connectivity index (χ3v) is 3.85. The number of cyclic esters (lactones) is 1. The number of rotatable bonds is 5. The number of halogens is 2. The highest BCUT2D eigenvalue weighted by molar-refractivity contribution is 6.32. The summed E-state index contributed by atoms with van der Waals surface area (Å²) in [6.45, 7) is 3.33. The highest BCUT2D eigenvalue weighted by atomic mass is 35.5. The highest BCUT2D eigenvalue weighted by Gasteiger charge is 2.25. The molecule has 144 valence electrons. The van der Waals surface area contributed by atoms with Crippen LogP contribution < -0.4 is 9.47 Å². The molecule has 0 saturated heterocycles. The topological polar surface area (TPSA) is 74.2 Å². The Morgan fingerprint density at radius 3 is 2.79 bits per heavy atom. The van der Waals surface area contributed by atoms with Crippen molar-refractivity contribution in [2.24, 2.45) is 4.99 Å². The molecule has 3 rings (SSSR count). The van der Waals surface area contributed by atoms with E-state index in [4.69, 9.17) is 25.8 Å². The van der Waals surface area contributed by atoms with E-state index in [0.29, 0.717) is 17.7 Å². The van der Waals surface area contributed by atoms with Crippen LogP contribution in [0.15, 0.2) is 47.1 Å². The first-order valence-corrected chi connectivity index (χ1v) is 8.68. The normalized spacial score (nSPS) is 14.6. The van der Waals surface area contributed by atoms with Crippen LogP contribution in [0.4, 0.5) is 4.39 Å². The molecule has 0 radical (unpaired) electrons. The lowest BCUT2D eigenvalue weighted by molar-refractivity contribution is -0.132. The van der Waals surface area contributed by atoms with Gasteiger partial charge in [0.1, 0.15) is 5.82 Å². The molecule has 0 N–H and O–H groups in total. The monoisotopic (exact) mass is 403 g/mol. The molecule has 0 aliphatic carbocycles. The molecular weight excluding hydrogens is 389 g/mol. The van der Waals surface area contributed by atoms with Gasteiger partial charge in [0.2, 0.25) is 5.90 Å². The number of hydrogen-bond acceptors (Lipinski definition) is 6. The molecule has 8 heteroatoms. The lowest BCUT2D eigenvalue weighted by atomic mass is 10.1. The first-order chi connectivity index (χ1) is 13.4. The average molecular weight is 404 g/mol. The Balaban J connectivity index is 1.98. The van der Waals surface area contributed by atoms with E-state index in [1.807, 2.05) is 0 Å². The van der Waals surface area contributed by atoms with Gasteiger partial charge in [0.25, 0.3) is 0 Å². The molecule has 1 aliphatic rings. The lowest BCUT2D eigenvalue weighted by Gasteiger charge is -2.12. The predicted octanol–water partition coefficient (Wildman–Crippen LogP) is 4.15. The molecule has 0 spiro atoms. The molecule has 6 nitrogen and oxygen atoms in total. The summed E-state index contributed by atoms with van der Waals surface area (Å²) in [5, 5.41) is 0.133. The third-order valence-electron chi connectivity index (χ3n) is 3.57. The summed E-state index contributed by atoms with van der Waals surface area (Å²) in [4.78, 5) is 27.5. The van der Waals surface area contributed by atoms with Gasteiger partial charge in [-0.1, -0.05) is 17.7 Å². The van der Waals surface area contributed by atoms with Crippen LogP contribution in [0.5, 0.6) is 11.5 Å². The third kappa shape index (κ3) is 4.37. The van der Waals surface area contributed by atoms with Gasteiger partial charge >= 0.3 is 11.9 Å². The number of ether oxygens (including phenoxy) is 3. The zero-order valence-electron chi connectivity index (χ0n) is 15.0. The second-order valence-electron chi connectivity index (χ2n) is 5.70. The van der Waals surface area contributed by atoms with Crippen LogP contribution in [-0.4, -0.2) is 24.4 Å². The Morgan fingerprint density at radius 1 is 1.32 bits per heavy atom. The molecule has 28 heavy (non-hydrogen) atoms. The lowest BCUT2D eigenvalue weighted by Crippen LogP contribution is -2.06. The Labute approximate surface area is 165 Å². The molecule has 2 aromatic carbocycles. The zero-order valence-corrected chi connectivity index (χ0v) is 15.7. The van der Waals surface area contributed by atoms with Crippen LogP contribution in [0, 0.1) is 5.82 Å². The maximum atomic E-state index is 13.4. The number of carbonyl (C=O) groups is 2. The highest BCUT2D eigenvalue weighted by Crippen LogP contribution is 2.37. The van der Waals surface area contributed by atoms with Crippen molar-refractivity contribution in [3.8, 4) is 11.5 Å². The van der Waals surface area contributed by atoms with Crippen molar-refractivity contribution in [3.05, 3.63) is 64.1 Å². The summed E-state index contributed by atoms with van der Waals surface area (Å²) >= 11 is 6.20. The SMILES string of the molecule is CCOc1cc(/C=C2\N=C(c3cccc(F)c3)OC2=O)cc(Cl)c1OC(C)=O. The van der Waals surface area contributed by atoms with E-state index in [2.05, 4.69) is 4.99 Å². The molecule has 0 fully saturated rings. The molecule has 0 amide bonds. The summed E-state index contributed by atoms with van der Waals surface area (Å²) in [7, 11) is 0. The molecule has 1 aliphatic heterocycles. The largest absolute Gasteiger partial charge is 0.490 e. The smallest absolute Gasteiger partial charge is 0.363 e. The molecule has 1 heterocycles. The van der Waals surface area contributed by atoms with Crippen molar-refractivity contribution in [2.45, 2.75) is 13.8 Å². The minimum atomic E-state index is -0.683. The second-order valence-corrected chi connectivity index (χ2v) is 6.11. The van der Waals surface area contributed by atoms with Crippen LogP contribution >= 0.6 is 11.6 Å². The standard InChI is InChI=1S/C20H15ClFNO5/c1-3-26-17-9-12(7-15(21)18(17)27-11(2)24)8-16-20(25)28-19(23-16)13-5-4-6-14(22)10-13/h4-10H,3H2,1-2H3/b16-8-. The summed E-state index contributed by atoms with van der Waals surface area (Å²) in [5.74, 6) is -1.35. The number of carbonyl (C=O) groups excluding carboxylic acids is 2. The number of nitrogens with zero attached hydrogens (tertiary/aromatic N) is 1. The van der Waals surface area contributed by atoms with Crippen molar-refractivity contribution >= 4 is 35.5 Å². The van der Waals surface area contributed by atoms with Crippen LogP contribution in [0.3, 0.4) is 0 Å². The molecule has 2 aromatic rings. The minimum Gasteiger partial charge on any atom is -0.490 e. The van der Waals surface area contributed by atoms with E-state index >= 15 is 0 Å². The van der Waals surface area contributed by atoms with E-state index in [0.717, 1.165) is 0 Å². The summed E-state index contributed by atoms with van der Waals surface area (Å²) in [6, 6.07) is 8.62. The number of aliphatic imine (C=N–C) groups is 1. The van der Waals surface area contributed by atoms with Gasteiger partial charge in [0, 0.05) is 12.5 Å². The Kier molecular flexibility index (Phi) is 5.75. The van der Waals surface area contributed by atoms with E-state index in [1.54, 1.807) is 19.1 Å². The summed E-state index contributed by atoms with van der Waals surface area (Å²) in [6.07, 6.45) is 1.45. The van der Waals surface area contributed by atoms with E-state index in [1.165, 1.54) is 37.3 Å². The van der Waals surface area contributed by atoms with Crippen molar-refractivity contribution < 1.29 is 28.2 Å². The fourth-order valence-corrected chi connectivity index (χ4v) is 2.75. The van der Waals surface area contributed by atoms with Crippen molar-refractivity contribution in [2.75, 3.05) is 6.61 Å². The van der Waals surface area contributed by atoms with Crippen LogP contribution in [-0.2, 0) is 14.3 Å². The van der Waals surface area contributed by atoms with Gasteiger partial charge in [0.05, 0.1) is 11.6 Å². The van der Waals surface area contributed by atoms with Crippen molar-refractivity contribution in [1.82, 2.24) is 0 Å².